The molecule has 0 bridgehead atoms. The van der Waals surface area contributed by atoms with Gasteiger partial charge in [0.25, 0.3) is 0 Å². The van der Waals surface area contributed by atoms with Crippen LogP contribution in [0.25, 0.3) is 0 Å². The van der Waals surface area contributed by atoms with Gasteiger partial charge in [0.15, 0.2) is 0 Å². The lowest BCUT2D eigenvalue weighted by atomic mass is 9.96. The second kappa shape index (κ2) is 18.9. The summed E-state index contributed by atoms with van der Waals surface area (Å²) in [4.78, 5) is 59.1. The number of amides is 4. The van der Waals surface area contributed by atoms with Crippen molar-refractivity contribution in [3.63, 3.8) is 0 Å². The molecular weight excluding hydrogens is 562 g/mol. The highest BCUT2D eigenvalue weighted by Crippen LogP contribution is 2.21. The molecule has 10 heteroatoms. The number of hydrogen-bond donors (Lipinski definition) is 3. The standard InChI is InChI=1S/C33H57N5O4S/c1-22(2)18-26(34-7)31(40)36(8)27(19-23(3)4)32(41)37(9)28(20-24(5)6)33(42)38(10)29(21-43)30(39)35-17-16-25-14-12-11-13-15-25/h11-15,22-24,26-29,34,43H,16-21H2,1-10H3,(H,35,39)/t26-,27-,28-,29-/m0/s1. The summed E-state index contributed by atoms with van der Waals surface area (Å²) in [5, 5.41) is 6.04. The van der Waals surface area contributed by atoms with Crippen LogP contribution in [0.2, 0.25) is 0 Å². The zero-order chi connectivity index (χ0) is 32.9. The number of benzene rings is 1. The van der Waals surface area contributed by atoms with Crippen LogP contribution in [0.3, 0.4) is 0 Å². The number of carbonyl (C=O) groups is 4. The summed E-state index contributed by atoms with van der Waals surface area (Å²) >= 11 is 4.40. The number of likely N-dealkylation sites (N-methyl/N-ethyl adjacent to an activating group) is 4. The molecule has 0 saturated carbocycles. The molecule has 4 atom stereocenters. The largest absolute Gasteiger partial charge is 0.354 e. The first-order valence-corrected chi connectivity index (χ1v) is 16.2. The lowest BCUT2D eigenvalue weighted by Crippen LogP contribution is -2.59. The van der Waals surface area contributed by atoms with Gasteiger partial charge >= 0.3 is 0 Å². The fourth-order valence-corrected chi connectivity index (χ4v) is 5.62. The summed E-state index contributed by atoms with van der Waals surface area (Å²) in [7, 11) is 6.66. The van der Waals surface area contributed by atoms with E-state index in [2.05, 4.69) is 37.1 Å². The van der Waals surface area contributed by atoms with Gasteiger partial charge < -0.3 is 25.3 Å². The predicted octanol–water partition coefficient (Wildman–Crippen LogP) is 3.48. The maximum Gasteiger partial charge on any atom is 0.245 e. The molecular formula is C33H57N5O4S. The number of nitrogens with one attached hydrogen (secondary N) is 2. The lowest BCUT2D eigenvalue weighted by molar-refractivity contribution is -0.152. The van der Waals surface area contributed by atoms with E-state index in [-0.39, 0.29) is 41.2 Å². The van der Waals surface area contributed by atoms with Crippen LogP contribution in [0, 0.1) is 17.8 Å². The Kier molecular flexibility index (Phi) is 16.9. The van der Waals surface area contributed by atoms with Crippen molar-refractivity contribution in [1.29, 1.82) is 0 Å². The summed E-state index contributed by atoms with van der Waals surface area (Å²) in [6.07, 6.45) is 2.20. The zero-order valence-corrected chi connectivity index (χ0v) is 29.0. The quantitative estimate of drug-likeness (QED) is 0.219. The van der Waals surface area contributed by atoms with E-state index in [1.807, 2.05) is 58.0 Å². The summed E-state index contributed by atoms with van der Waals surface area (Å²) in [6, 6.07) is 7.13. The van der Waals surface area contributed by atoms with Crippen molar-refractivity contribution in [2.75, 3.05) is 40.5 Å². The van der Waals surface area contributed by atoms with E-state index in [4.69, 9.17) is 0 Å². The Bertz CT molecular complexity index is 1020. The van der Waals surface area contributed by atoms with E-state index in [1.165, 1.54) is 9.80 Å². The summed E-state index contributed by atoms with van der Waals surface area (Å²) in [5.41, 5.74) is 1.11. The predicted molar refractivity (Wildman–Crippen MR) is 178 cm³/mol. The van der Waals surface area contributed by atoms with Gasteiger partial charge in [-0.25, -0.2) is 0 Å². The Hall–Kier alpha value is -2.59. The molecule has 4 amide bonds. The number of hydrogen-bond acceptors (Lipinski definition) is 6. The van der Waals surface area contributed by atoms with Crippen LogP contribution in [0.15, 0.2) is 30.3 Å². The molecule has 1 rings (SSSR count). The fraction of sp³-hybridized carbons (Fsp3) is 0.697. The first kappa shape index (κ1) is 38.4. The molecule has 0 unspecified atom stereocenters. The van der Waals surface area contributed by atoms with Crippen LogP contribution in [-0.4, -0.2) is 103 Å². The van der Waals surface area contributed by atoms with Gasteiger partial charge in [-0.15, -0.1) is 0 Å². The average molecular weight is 620 g/mol. The molecule has 2 N–H and O–H groups in total. The minimum Gasteiger partial charge on any atom is -0.354 e. The molecule has 0 saturated heterocycles. The Balaban J connectivity index is 3.18. The average Bonchev–Trinajstić information content (AvgIpc) is 2.96. The normalized spacial score (nSPS) is 14.3. The van der Waals surface area contributed by atoms with E-state index >= 15 is 0 Å². The number of thiol groups is 1. The molecule has 0 aliphatic rings. The molecule has 0 spiro atoms. The van der Waals surface area contributed by atoms with Crippen LogP contribution in [-0.2, 0) is 25.6 Å². The Morgan fingerprint density at radius 2 is 1.14 bits per heavy atom. The van der Waals surface area contributed by atoms with Crippen molar-refractivity contribution in [2.24, 2.45) is 17.8 Å². The number of carbonyl (C=O) groups excluding carboxylic acids is 4. The third kappa shape index (κ3) is 12.1. The van der Waals surface area contributed by atoms with E-state index in [1.54, 1.807) is 33.1 Å². The van der Waals surface area contributed by atoms with Crippen molar-refractivity contribution in [1.82, 2.24) is 25.3 Å². The molecule has 0 aromatic heterocycles. The highest BCUT2D eigenvalue weighted by Gasteiger charge is 2.39. The van der Waals surface area contributed by atoms with Crippen molar-refractivity contribution >= 4 is 36.3 Å². The second-order valence-corrected chi connectivity index (χ2v) is 13.2. The molecule has 1 aromatic carbocycles. The van der Waals surface area contributed by atoms with Gasteiger partial charge in [0.1, 0.15) is 18.1 Å². The number of rotatable bonds is 18. The molecule has 0 fully saturated rings. The Morgan fingerprint density at radius 1 is 0.698 bits per heavy atom. The molecule has 0 aliphatic heterocycles. The smallest absolute Gasteiger partial charge is 0.245 e. The van der Waals surface area contributed by atoms with Gasteiger partial charge in [-0.2, -0.15) is 12.6 Å². The highest BCUT2D eigenvalue weighted by molar-refractivity contribution is 7.80. The van der Waals surface area contributed by atoms with Crippen LogP contribution in [0.1, 0.15) is 66.4 Å². The maximum atomic E-state index is 14.1. The Morgan fingerprint density at radius 3 is 1.56 bits per heavy atom. The monoisotopic (exact) mass is 619 g/mol. The lowest BCUT2D eigenvalue weighted by Gasteiger charge is -2.38. The van der Waals surface area contributed by atoms with Crippen molar-refractivity contribution < 1.29 is 19.2 Å². The summed E-state index contributed by atoms with van der Waals surface area (Å²) in [5.74, 6) is -0.353. The highest BCUT2D eigenvalue weighted by atomic mass is 32.1. The minimum absolute atomic E-state index is 0.106. The molecule has 1 aromatic rings. The molecule has 244 valence electrons. The minimum atomic E-state index is -0.800. The van der Waals surface area contributed by atoms with Gasteiger partial charge in [-0.05, 0) is 56.0 Å². The molecule has 43 heavy (non-hydrogen) atoms. The first-order chi connectivity index (χ1) is 20.2. The molecule has 0 heterocycles. The van der Waals surface area contributed by atoms with Gasteiger partial charge in [0.05, 0.1) is 6.04 Å². The molecule has 0 aliphatic carbocycles. The SMILES string of the molecule is CN[C@@H](CC(C)C)C(=O)N(C)[C@@H](CC(C)C)C(=O)N(C)[C@@H](CC(C)C)C(=O)N(C)[C@@H](CS)C(=O)NCCc1ccccc1. The van der Waals surface area contributed by atoms with Crippen LogP contribution < -0.4 is 10.6 Å². The fourth-order valence-electron chi connectivity index (χ4n) is 5.21. The van der Waals surface area contributed by atoms with Gasteiger partial charge in [-0.1, -0.05) is 71.9 Å². The van der Waals surface area contributed by atoms with E-state index in [9.17, 15) is 19.2 Å². The van der Waals surface area contributed by atoms with Crippen molar-refractivity contribution in [2.45, 2.75) is 91.4 Å². The summed E-state index contributed by atoms with van der Waals surface area (Å²) < 4.78 is 0. The van der Waals surface area contributed by atoms with Gasteiger partial charge in [0, 0.05) is 33.4 Å². The van der Waals surface area contributed by atoms with Crippen LogP contribution in [0.5, 0.6) is 0 Å². The first-order valence-electron chi connectivity index (χ1n) is 15.6. The molecule has 0 radical (unpaired) electrons. The Labute approximate surface area is 265 Å². The van der Waals surface area contributed by atoms with Gasteiger partial charge in [-0.3, -0.25) is 19.2 Å². The van der Waals surface area contributed by atoms with E-state index < -0.39 is 24.2 Å². The van der Waals surface area contributed by atoms with Gasteiger partial charge in [0.2, 0.25) is 23.6 Å². The maximum absolute atomic E-state index is 14.1. The third-order valence-electron chi connectivity index (χ3n) is 7.79. The zero-order valence-electron chi connectivity index (χ0n) is 28.1. The topological polar surface area (TPSA) is 102 Å². The number of nitrogens with zero attached hydrogens (tertiary/aromatic N) is 3. The van der Waals surface area contributed by atoms with E-state index in [0.29, 0.717) is 38.1 Å². The second-order valence-electron chi connectivity index (χ2n) is 12.8. The summed E-state index contributed by atoms with van der Waals surface area (Å²) in [6.45, 7) is 12.6. The van der Waals surface area contributed by atoms with E-state index in [0.717, 1.165) is 5.56 Å². The van der Waals surface area contributed by atoms with Crippen LogP contribution in [0.4, 0.5) is 0 Å². The molecule has 9 nitrogen and oxygen atoms in total. The third-order valence-corrected chi connectivity index (χ3v) is 8.14. The van der Waals surface area contributed by atoms with Crippen molar-refractivity contribution in [3.05, 3.63) is 35.9 Å². The van der Waals surface area contributed by atoms with Crippen LogP contribution >= 0.6 is 12.6 Å². The van der Waals surface area contributed by atoms with Crippen molar-refractivity contribution in [3.8, 4) is 0 Å².